The van der Waals surface area contributed by atoms with Crippen LogP contribution in [0.5, 0.6) is 0 Å². The quantitative estimate of drug-likeness (QED) is 0.0282. The smallest absolute Gasteiger partial charge is 0.407 e. The van der Waals surface area contributed by atoms with Crippen LogP contribution in [-0.4, -0.2) is 251 Å². The van der Waals surface area contributed by atoms with Crippen molar-refractivity contribution >= 4 is 48.1 Å². The van der Waals surface area contributed by atoms with Gasteiger partial charge in [-0.1, -0.05) is 125 Å². The number of imidazole rings is 4. The molecule has 4 aromatic carbocycles. The number of alkyl carbamates (subject to hydrolysis) is 4. The number of aliphatic carboxylic acids is 1. The number of aromatic nitrogens is 8. The maximum absolute atomic E-state index is 14.0. The Morgan fingerprint density at radius 1 is 0.407 bits per heavy atom. The van der Waals surface area contributed by atoms with Crippen LogP contribution in [0.25, 0.3) is 67.3 Å². The summed E-state index contributed by atoms with van der Waals surface area (Å²) in [6.45, 7) is 13.6. The van der Waals surface area contributed by atoms with Crippen molar-refractivity contribution in [3.63, 3.8) is 0 Å². The van der Waals surface area contributed by atoms with Crippen LogP contribution in [0, 0.1) is 23.7 Å². The second-order valence-corrected chi connectivity index (χ2v) is 32.6. The number of nitrogens with zero attached hydrogens (tertiary/aromatic N) is 7. The summed E-state index contributed by atoms with van der Waals surface area (Å²) in [5, 5.41) is 23.0. The number of likely N-dealkylation sites (tertiary alicyclic amines) is 3. The molecule has 10 N–H and O–H groups in total. The Morgan fingerprint density at radius 2 is 0.740 bits per heavy atom. The van der Waals surface area contributed by atoms with Crippen LogP contribution in [0.15, 0.2) is 122 Å². The Hall–Kier alpha value is -11.6. The molecule has 35 nitrogen and oxygen atoms in total. The second-order valence-electron chi connectivity index (χ2n) is 32.6. The standard InChI is InChI=1S/C44H54N8O9.C35H41N7O5.C9H15NO5/c1-26(2)36(49-42(55)57-3)40(53)52-25-44(60-20-21-61-44)22-35(52)39-46-24-33(48-39)30-13-9-28(10-14-30)27-7-11-29(12-8-27)32-23-45-38(47-32)34-6-5-17-51(34)41(54)37(50-43(56)58-4)31-15-18-59-19-16-31;1-21(2)30(41-34(44)45-3)33(43)42-20-35(46-15-16-47-35)17-29(42)32-38-19-28(40-32)25-12-8-23(9-13-25)22-6-10-24(11-7-22)27-18-37-31(39-27)26-5-4-14-36-26;1-14-9(13)10-7(8(11)12)6-2-4-15-5-3-6/h7-14,23-24,26,31,34-37H,5-6,15-22,25H2,1-4H3,(H,45,47)(H,46,48)(H,49,55)(H,50,56);6-13,18-19,21,26,29-30,36H,4-5,14-17,20H2,1-3H3,(H,37,39)(H,38,40)(H,41,44);6-7H,2-5H2,1H3,(H,10,13)(H,11,12)/t34-,35-,36-,37-;26-,29-,30-;7-/m000/s1. The maximum Gasteiger partial charge on any atom is 0.407 e. The highest BCUT2D eigenvalue weighted by Crippen LogP contribution is 2.46. The molecule has 8 aromatic rings. The molecule has 12 heterocycles. The Kier molecular flexibility index (Phi) is 28.3. The Morgan fingerprint density at radius 3 is 1.09 bits per heavy atom. The lowest BCUT2D eigenvalue weighted by Gasteiger charge is -2.34. The van der Waals surface area contributed by atoms with Crippen LogP contribution >= 0.6 is 0 Å². The first kappa shape index (κ1) is 87.7. The topological polar surface area (TPSA) is 434 Å². The molecule has 8 fully saturated rings. The zero-order valence-electron chi connectivity index (χ0n) is 70.5. The molecule has 0 saturated carbocycles. The molecule has 123 heavy (non-hydrogen) atoms. The van der Waals surface area contributed by atoms with Gasteiger partial charge in [0.2, 0.25) is 17.7 Å². The monoisotopic (exact) mass is 1690 g/mol. The van der Waals surface area contributed by atoms with Crippen molar-refractivity contribution in [1.82, 2.24) is 81.2 Å². The zero-order valence-corrected chi connectivity index (χ0v) is 70.5. The third-order valence-electron chi connectivity index (χ3n) is 24.2. The number of ether oxygens (including phenoxy) is 10. The third-order valence-corrected chi connectivity index (χ3v) is 24.2. The predicted molar refractivity (Wildman–Crippen MR) is 447 cm³/mol. The predicted octanol–water partition coefficient (Wildman–Crippen LogP) is 10.5. The van der Waals surface area contributed by atoms with Crippen molar-refractivity contribution in [2.24, 2.45) is 23.7 Å². The molecule has 7 amide bonds. The first-order valence-corrected chi connectivity index (χ1v) is 42.1. The number of rotatable bonds is 22. The summed E-state index contributed by atoms with van der Waals surface area (Å²) in [5.41, 5.74) is 11.7. The summed E-state index contributed by atoms with van der Waals surface area (Å²) < 4.78 is 53.5. The molecule has 16 rings (SSSR count). The Bertz CT molecular complexity index is 4930. The number of methoxy groups -OCH3 is 4. The number of H-pyrrole nitrogens is 4. The molecule has 0 bridgehead atoms. The molecule has 35 heteroatoms. The number of carbonyl (C=O) groups excluding carboxylic acids is 7. The van der Waals surface area contributed by atoms with E-state index in [0.717, 1.165) is 98.9 Å². The number of nitrogens with one attached hydrogen (secondary N) is 9. The fourth-order valence-corrected chi connectivity index (χ4v) is 17.4. The van der Waals surface area contributed by atoms with Gasteiger partial charge < -0.3 is 114 Å². The highest BCUT2D eigenvalue weighted by Gasteiger charge is 2.55. The zero-order chi connectivity index (χ0) is 86.5. The number of hydrogen-bond donors (Lipinski definition) is 10. The third kappa shape index (κ3) is 20.5. The minimum atomic E-state index is -1.03. The van der Waals surface area contributed by atoms with E-state index >= 15 is 0 Å². The number of carboxylic acids is 1. The van der Waals surface area contributed by atoms with E-state index in [1.54, 1.807) is 28.4 Å². The molecule has 0 aliphatic carbocycles. The Balaban J connectivity index is 0.000000175. The van der Waals surface area contributed by atoms with Gasteiger partial charge in [0.05, 0.1) is 140 Å². The summed E-state index contributed by atoms with van der Waals surface area (Å²) in [6.07, 6.45) is 12.0. The van der Waals surface area contributed by atoms with Crippen LogP contribution in [0.4, 0.5) is 19.2 Å². The molecule has 2 spiro atoms. The average molecular weight is 1700 g/mol. The number of benzene rings is 4. The van der Waals surface area contributed by atoms with Crippen LogP contribution in [-0.2, 0) is 66.5 Å². The summed E-state index contributed by atoms with van der Waals surface area (Å²) in [4.78, 5) is 138. The molecule has 8 atom stereocenters. The molecular formula is C88H110N16O19. The minimum Gasteiger partial charge on any atom is -0.480 e. The van der Waals surface area contributed by atoms with E-state index in [-0.39, 0.29) is 60.5 Å². The molecule has 8 aliphatic rings. The van der Waals surface area contributed by atoms with Crippen molar-refractivity contribution in [1.29, 1.82) is 0 Å². The highest BCUT2D eigenvalue weighted by molar-refractivity contribution is 5.89. The summed E-state index contributed by atoms with van der Waals surface area (Å²) >= 11 is 0. The lowest BCUT2D eigenvalue weighted by molar-refractivity contribution is -0.153. The van der Waals surface area contributed by atoms with Gasteiger partial charge in [-0.05, 0) is 126 Å². The summed E-state index contributed by atoms with van der Waals surface area (Å²) in [5.74, 6) is -1.02. The maximum atomic E-state index is 14.0. The molecular weight excluding hydrogens is 1590 g/mol. The second kappa shape index (κ2) is 39.7. The fourth-order valence-electron chi connectivity index (χ4n) is 17.4. The van der Waals surface area contributed by atoms with Gasteiger partial charge in [0, 0.05) is 45.8 Å². The minimum absolute atomic E-state index is 0.0348. The first-order valence-electron chi connectivity index (χ1n) is 42.1. The van der Waals surface area contributed by atoms with Crippen molar-refractivity contribution in [3.8, 4) is 67.3 Å². The fraction of sp³-hybridized carbons (Fsp3) is 0.500. The van der Waals surface area contributed by atoms with Crippen LogP contribution in [0.2, 0.25) is 0 Å². The molecule has 8 saturated heterocycles. The van der Waals surface area contributed by atoms with Crippen molar-refractivity contribution < 1.29 is 90.8 Å². The van der Waals surface area contributed by atoms with Crippen LogP contribution in [0.3, 0.4) is 0 Å². The van der Waals surface area contributed by atoms with E-state index in [0.29, 0.717) is 121 Å². The molecule has 0 unspecified atom stereocenters. The van der Waals surface area contributed by atoms with E-state index in [1.807, 2.05) is 63.1 Å². The number of aromatic amines is 4. The lowest BCUT2D eigenvalue weighted by Crippen LogP contribution is -2.53. The van der Waals surface area contributed by atoms with Gasteiger partial charge >= 0.3 is 30.3 Å². The van der Waals surface area contributed by atoms with Gasteiger partial charge in [0.15, 0.2) is 11.6 Å². The highest BCUT2D eigenvalue weighted by atomic mass is 16.7. The number of amides is 7. The van der Waals surface area contributed by atoms with Crippen LogP contribution < -0.4 is 26.6 Å². The number of carboxylic acid groups (broad SMARTS) is 1. The van der Waals surface area contributed by atoms with Gasteiger partial charge in [0.25, 0.3) is 0 Å². The number of hydrogen-bond acceptors (Lipinski definition) is 23. The Labute approximate surface area is 712 Å². The SMILES string of the molecule is COC(=O)N[C@H](C(=O)N1CC2(C[C@H]1c1ncc(-c3ccc(-c4ccc(-c5cnc([C@@H]6CCCN6)[nH]5)cc4)cc3)[nH]1)OCCO2)C(C)C.COC(=O)N[C@H](C(=O)N1CC2(C[C@H]1c1ncc(-c3ccc(-c4ccc(-c5cnc([C@@H]6CCCN6C(=O)[C@@H](NC(=O)OC)C6CCOCC6)[nH]5)cc4)cc3)[nH]1)OCCO2)C(C)C.COC(=O)N[C@H](C(=O)O)C1CCOCC1. The van der Waals surface area contributed by atoms with Crippen molar-refractivity contribution in [2.75, 3.05) is 107 Å². The van der Waals surface area contributed by atoms with E-state index in [4.69, 9.17) is 62.7 Å². The van der Waals surface area contributed by atoms with Gasteiger partial charge in [-0.2, -0.15) is 0 Å². The lowest BCUT2D eigenvalue weighted by atomic mass is 9.90. The number of carbonyl (C=O) groups is 8. The average Bonchev–Trinajstić information content (AvgIpc) is 1.61. The van der Waals surface area contributed by atoms with Gasteiger partial charge in [0.1, 0.15) is 47.5 Å². The van der Waals surface area contributed by atoms with Gasteiger partial charge in [-0.25, -0.2) is 43.9 Å². The summed E-state index contributed by atoms with van der Waals surface area (Å²) in [7, 11) is 5.06. The first-order chi connectivity index (χ1) is 59.5. The summed E-state index contributed by atoms with van der Waals surface area (Å²) in [6, 6.07) is 29.2. The van der Waals surface area contributed by atoms with Crippen molar-refractivity contribution in [3.05, 3.63) is 145 Å². The molecule has 656 valence electrons. The molecule has 0 radical (unpaired) electrons. The van der Waals surface area contributed by atoms with E-state index < -0.39 is 78.2 Å². The van der Waals surface area contributed by atoms with Crippen molar-refractivity contribution in [2.45, 2.75) is 152 Å². The molecule has 8 aliphatic heterocycles. The van der Waals surface area contributed by atoms with Gasteiger partial charge in [-0.15, -0.1) is 0 Å². The largest absolute Gasteiger partial charge is 0.480 e. The van der Waals surface area contributed by atoms with Gasteiger partial charge in [-0.3, -0.25) is 14.4 Å². The van der Waals surface area contributed by atoms with E-state index in [9.17, 15) is 38.4 Å². The van der Waals surface area contributed by atoms with Crippen LogP contribution in [0.1, 0.15) is 139 Å². The van der Waals surface area contributed by atoms with E-state index in [2.05, 4.69) is 129 Å². The molecule has 4 aromatic heterocycles. The normalized spacial score (nSPS) is 20.9. The van der Waals surface area contributed by atoms with E-state index in [1.165, 1.54) is 34.9 Å².